The second-order valence-electron chi connectivity index (χ2n) is 6.59. The van der Waals surface area contributed by atoms with Gasteiger partial charge in [0.1, 0.15) is 0 Å². The zero-order valence-electron chi connectivity index (χ0n) is 14.6. The van der Waals surface area contributed by atoms with E-state index in [-0.39, 0.29) is 23.9 Å². The van der Waals surface area contributed by atoms with Crippen LogP contribution in [0.5, 0.6) is 0 Å². The molecule has 0 fully saturated rings. The number of hydrogen-bond donors (Lipinski definition) is 3. The fourth-order valence-electron chi connectivity index (χ4n) is 2.38. The highest BCUT2D eigenvalue weighted by atomic mass is 16.4. The Morgan fingerprint density at radius 3 is 2.00 bits per heavy atom. The summed E-state index contributed by atoms with van der Waals surface area (Å²) in [5.74, 6) is -1.42. The Labute approximate surface area is 147 Å². The molecule has 0 heterocycles. The number of carbonyl (C=O) groups is 2. The van der Waals surface area contributed by atoms with Crippen molar-refractivity contribution in [1.82, 2.24) is 5.32 Å². The summed E-state index contributed by atoms with van der Waals surface area (Å²) in [6.45, 7) is 5.54. The second-order valence-corrected chi connectivity index (χ2v) is 6.59. The molecule has 0 aliphatic carbocycles. The number of amides is 1. The quantitative estimate of drug-likeness (QED) is 0.753. The van der Waals surface area contributed by atoms with E-state index in [1.54, 1.807) is 49.4 Å². The third-order valence-electron chi connectivity index (χ3n) is 4.47. The van der Waals surface area contributed by atoms with Gasteiger partial charge in [0.05, 0.1) is 11.2 Å². The first kappa shape index (κ1) is 18.7. The molecule has 0 radical (unpaired) electrons. The Morgan fingerprint density at radius 1 is 1.00 bits per heavy atom. The molecular formula is C20H23NO4. The molecule has 2 rings (SSSR count). The number of carboxylic acids is 1. The van der Waals surface area contributed by atoms with E-state index in [0.717, 1.165) is 0 Å². The maximum absolute atomic E-state index is 12.6. The molecule has 0 aliphatic rings. The molecule has 0 aromatic heterocycles. The number of nitrogens with one attached hydrogen (secondary N) is 1. The summed E-state index contributed by atoms with van der Waals surface area (Å²) in [4.78, 5) is 24.1. The number of rotatable bonds is 6. The van der Waals surface area contributed by atoms with Crippen LogP contribution >= 0.6 is 0 Å². The summed E-state index contributed by atoms with van der Waals surface area (Å²) >= 11 is 0. The second kappa shape index (κ2) is 7.49. The molecule has 5 heteroatoms. The Balaban J connectivity index is 2.36. The Kier molecular flexibility index (Phi) is 5.59. The van der Waals surface area contributed by atoms with Gasteiger partial charge in [-0.1, -0.05) is 50.2 Å². The number of benzene rings is 2. The van der Waals surface area contributed by atoms with Gasteiger partial charge in [-0.2, -0.15) is 0 Å². The minimum absolute atomic E-state index is 0.0178. The minimum Gasteiger partial charge on any atom is -0.478 e. The number of carboxylic acid groups (broad SMARTS) is 1. The maximum atomic E-state index is 12.6. The van der Waals surface area contributed by atoms with E-state index in [9.17, 15) is 19.8 Å². The lowest BCUT2D eigenvalue weighted by Gasteiger charge is -2.28. The van der Waals surface area contributed by atoms with Gasteiger partial charge in [0.15, 0.2) is 0 Å². The van der Waals surface area contributed by atoms with Crippen LogP contribution in [-0.2, 0) is 0 Å². The third kappa shape index (κ3) is 4.25. The van der Waals surface area contributed by atoms with Gasteiger partial charge in [0.2, 0.25) is 0 Å². The van der Waals surface area contributed by atoms with E-state index in [0.29, 0.717) is 16.7 Å². The fourth-order valence-corrected chi connectivity index (χ4v) is 2.38. The molecule has 0 saturated carbocycles. The normalized spacial score (nSPS) is 13.3. The van der Waals surface area contributed by atoms with Crippen molar-refractivity contribution in [2.24, 2.45) is 5.92 Å². The van der Waals surface area contributed by atoms with Crippen LogP contribution in [0.2, 0.25) is 0 Å². The number of carbonyl (C=O) groups excluding carboxylic acids is 1. The summed E-state index contributed by atoms with van der Waals surface area (Å²) in [5.41, 5.74) is 0.509. The van der Waals surface area contributed by atoms with Gasteiger partial charge in [0, 0.05) is 12.1 Å². The molecule has 1 atom stereocenters. The maximum Gasteiger partial charge on any atom is 0.336 e. The van der Waals surface area contributed by atoms with Crippen molar-refractivity contribution in [3.05, 3.63) is 59.7 Å². The largest absolute Gasteiger partial charge is 0.478 e. The van der Waals surface area contributed by atoms with Crippen molar-refractivity contribution >= 4 is 11.9 Å². The predicted octanol–water partition coefficient (Wildman–Crippen LogP) is 3.19. The molecule has 0 bridgehead atoms. The van der Waals surface area contributed by atoms with Crippen molar-refractivity contribution in [2.45, 2.75) is 26.4 Å². The smallest absolute Gasteiger partial charge is 0.336 e. The van der Waals surface area contributed by atoms with Gasteiger partial charge in [-0.3, -0.25) is 4.79 Å². The van der Waals surface area contributed by atoms with Gasteiger partial charge in [-0.25, -0.2) is 4.79 Å². The molecule has 5 nitrogen and oxygen atoms in total. The predicted molar refractivity (Wildman–Crippen MR) is 96.6 cm³/mol. The van der Waals surface area contributed by atoms with Crippen LogP contribution < -0.4 is 5.32 Å². The Morgan fingerprint density at radius 2 is 1.48 bits per heavy atom. The molecule has 1 unspecified atom stereocenters. The molecule has 1 amide bonds. The number of hydrogen-bond acceptors (Lipinski definition) is 3. The molecular weight excluding hydrogens is 318 g/mol. The average molecular weight is 341 g/mol. The van der Waals surface area contributed by atoms with E-state index in [1.807, 2.05) is 13.8 Å². The Bertz CT molecular complexity index is 781. The lowest BCUT2D eigenvalue weighted by molar-refractivity contribution is 0.0142. The van der Waals surface area contributed by atoms with E-state index in [4.69, 9.17) is 0 Å². The summed E-state index contributed by atoms with van der Waals surface area (Å²) in [5, 5.41) is 22.4. The summed E-state index contributed by atoms with van der Waals surface area (Å²) < 4.78 is 0. The lowest BCUT2D eigenvalue weighted by atomic mass is 9.92. The first-order valence-electron chi connectivity index (χ1n) is 8.16. The van der Waals surface area contributed by atoms with Crippen molar-refractivity contribution in [3.8, 4) is 11.1 Å². The van der Waals surface area contributed by atoms with Crippen molar-refractivity contribution < 1.29 is 19.8 Å². The van der Waals surface area contributed by atoms with Crippen molar-refractivity contribution in [3.63, 3.8) is 0 Å². The van der Waals surface area contributed by atoms with Gasteiger partial charge < -0.3 is 15.5 Å². The molecule has 132 valence electrons. The molecule has 2 aromatic rings. The Hall–Kier alpha value is -2.66. The van der Waals surface area contributed by atoms with Gasteiger partial charge in [-0.15, -0.1) is 0 Å². The topological polar surface area (TPSA) is 86.6 Å². The van der Waals surface area contributed by atoms with Crippen LogP contribution in [0.1, 0.15) is 41.5 Å². The molecule has 0 saturated heterocycles. The van der Waals surface area contributed by atoms with Crippen LogP contribution in [0, 0.1) is 5.92 Å². The highest BCUT2D eigenvalue weighted by molar-refractivity contribution is 6.04. The zero-order chi connectivity index (χ0) is 18.6. The fraction of sp³-hybridized carbons (Fsp3) is 0.300. The van der Waals surface area contributed by atoms with E-state index in [2.05, 4.69) is 5.32 Å². The summed E-state index contributed by atoms with van der Waals surface area (Å²) in [6, 6.07) is 13.4. The minimum atomic E-state index is -1.05. The average Bonchev–Trinajstić information content (AvgIpc) is 2.59. The number of aliphatic hydroxyl groups is 1. The first-order chi connectivity index (χ1) is 11.7. The van der Waals surface area contributed by atoms with Crippen molar-refractivity contribution in [1.29, 1.82) is 0 Å². The van der Waals surface area contributed by atoms with E-state index >= 15 is 0 Å². The standard InChI is InChI=1S/C20H23NO4/c1-13(2)20(3,25)12-21-18(22)16-10-6-4-8-14(16)15-9-5-7-11-17(15)19(23)24/h4-11,13,25H,12H2,1-3H3,(H,21,22)(H,23,24). The van der Waals surface area contributed by atoms with Crippen LogP contribution in [-0.4, -0.2) is 34.2 Å². The molecule has 0 aliphatic heterocycles. The highest BCUT2D eigenvalue weighted by Gasteiger charge is 2.26. The molecule has 2 aromatic carbocycles. The van der Waals surface area contributed by atoms with Crippen LogP contribution in [0.4, 0.5) is 0 Å². The SMILES string of the molecule is CC(C)C(C)(O)CNC(=O)c1ccccc1-c1ccccc1C(=O)O. The van der Waals surface area contributed by atoms with Crippen LogP contribution in [0.15, 0.2) is 48.5 Å². The first-order valence-corrected chi connectivity index (χ1v) is 8.16. The molecule has 25 heavy (non-hydrogen) atoms. The van der Waals surface area contributed by atoms with Gasteiger partial charge in [-0.05, 0) is 36.1 Å². The highest BCUT2D eigenvalue weighted by Crippen LogP contribution is 2.27. The summed E-state index contributed by atoms with van der Waals surface area (Å²) in [7, 11) is 0. The monoisotopic (exact) mass is 341 g/mol. The lowest BCUT2D eigenvalue weighted by Crippen LogP contribution is -2.44. The van der Waals surface area contributed by atoms with Crippen LogP contribution in [0.25, 0.3) is 11.1 Å². The van der Waals surface area contributed by atoms with Crippen molar-refractivity contribution in [2.75, 3.05) is 6.54 Å². The van der Waals surface area contributed by atoms with E-state index < -0.39 is 11.6 Å². The van der Waals surface area contributed by atoms with Gasteiger partial charge >= 0.3 is 5.97 Å². The third-order valence-corrected chi connectivity index (χ3v) is 4.47. The molecule has 0 spiro atoms. The zero-order valence-corrected chi connectivity index (χ0v) is 14.6. The number of aromatic carboxylic acids is 1. The summed E-state index contributed by atoms with van der Waals surface area (Å²) in [6.07, 6.45) is 0. The van der Waals surface area contributed by atoms with E-state index in [1.165, 1.54) is 6.07 Å². The van der Waals surface area contributed by atoms with Gasteiger partial charge in [0.25, 0.3) is 5.91 Å². The van der Waals surface area contributed by atoms with Crippen LogP contribution in [0.3, 0.4) is 0 Å². The molecule has 3 N–H and O–H groups in total.